The summed E-state index contributed by atoms with van der Waals surface area (Å²) in [7, 11) is 1.26. The maximum Gasteiger partial charge on any atom is 0.573 e. The van der Waals surface area contributed by atoms with Crippen LogP contribution < -0.4 is 25.3 Å². The normalized spacial score (nSPS) is 15.2. The van der Waals surface area contributed by atoms with E-state index in [2.05, 4.69) is 15.0 Å². The number of nitrogens with two attached hydrogens (primary N) is 1. The van der Waals surface area contributed by atoms with Gasteiger partial charge in [0, 0.05) is 30.5 Å². The van der Waals surface area contributed by atoms with Crippen molar-refractivity contribution < 1.29 is 41.7 Å². The molecule has 1 saturated heterocycles. The molecule has 4 rings (SSSR count). The number of anilines is 1. The predicted octanol–water partition coefficient (Wildman–Crippen LogP) is 4.64. The van der Waals surface area contributed by atoms with Gasteiger partial charge in [-0.3, -0.25) is 14.6 Å². The highest BCUT2D eigenvalue weighted by atomic mass is 19.4. The van der Waals surface area contributed by atoms with Crippen LogP contribution in [0.5, 0.6) is 23.0 Å². The number of rotatable bonds is 8. The molecule has 1 fully saturated rings. The number of halogens is 3. The van der Waals surface area contributed by atoms with Crippen molar-refractivity contribution in [1.29, 1.82) is 0 Å². The molecule has 2 amide bonds. The summed E-state index contributed by atoms with van der Waals surface area (Å²) in [5.74, 6) is -1.57. The van der Waals surface area contributed by atoms with Gasteiger partial charge in [-0.05, 0) is 48.4 Å². The molecule has 0 spiro atoms. The maximum absolute atomic E-state index is 13.2. The van der Waals surface area contributed by atoms with Crippen LogP contribution in [0, 0.1) is 0 Å². The number of alkyl halides is 3. The zero-order valence-electron chi connectivity index (χ0n) is 19.5. The minimum atomic E-state index is -4.88. The second-order valence-corrected chi connectivity index (χ2v) is 8.03. The lowest BCUT2D eigenvalue weighted by Gasteiger charge is -2.17. The number of benzene rings is 2. The van der Waals surface area contributed by atoms with Gasteiger partial charge in [0.1, 0.15) is 17.2 Å². The van der Waals surface area contributed by atoms with Crippen LogP contribution in [0.25, 0.3) is 0 Å². The molecule has 2 heterocycles. The topological polar surface area (TPSA) is 122 Å². The zero-order valence-corrected chi connectivity index (χ0v) is 19.5. The molecular weight excluding hydrogens is 495 g/mol. The largest absolute Gasteiger partial charge is 0.573 e. The number of nitrogens with one attached hydrogen (secondary N) is 1. The van der Waals surface area contributed by atoms with Crippen molar-refractivity contribution in [2.75, 3.05) is 25.6 Å². The molecule has 0 saturated carbocycles. The lowest BCUT2D eigenvalue weighted by Crippen LogP contribution is -2.17. The fourth-order valence-corrected chi connectivity index (χ4v) is 3.75. The number of amides is 2. The van der Waals surface area contributed by atoms with Crippen molar-refractivity contribution >= 4 is 17.5 Å². The average Bonchev–Trinajstić information content (AvgIpc) is 3.39. The standard InChI is InChI=1S/C25H22F3N3O6/c1-34-22-12-17(37-25(26,27)28)3-5-20(22)36-21-10-14(15-7-9-35-13-15)2-4-18(21)24(33)31-16-6-8-30-19(11-16)23(29)32/h2-6,8,10-12,15H,7,9,13H2,1H3,(H2,29,32)(H,30,31,33). The quantitative estimate of drug-likeness (QED) is 0.447. The van der Waals surface area contributed by atoms with Crippen LogP contribution in [0.4, 0.5) is 18.9 Å². The maximum atomic E-state index is 13.2. The number of nitrogens with zero attached hydrogens (tertiary/aromatic N) is 1. The third kappa shape index (κ3) is 6.47. The minimum Gasteiger partial charge on any atom is -0.493 e. The van der Waals surface area contributed by atoms with E-state index in [1.165, 1.54) is 31.5 Å². The average molecular weight is 517 g/mol. The number of methoxy groups -OCH3 is 1. The zero-order chi connectivity index (χ0) is 26.6. The molecule has 1 aromatic heterocycles. The number of ether oxygens (including phenoxy) is 4. The number of hydrogen-bond acceptors (Lipinski definition) is 7. The second-order valence-electron chi connectivity index (χ2n) is 8.03. The fourth-order valence-electron chi connectivity index (χ4n) is 3.75. The van der Waals surface area contributed by atoms with Gasteiger partial charge in [-0.2, -0.15) is 0 Å². The molecule has 0 bridgehead atoms. The van der Waals surface area contributed by atoms with Crippen LogP contribution in [-0.4, -0.2) is 43.5 Å². The van der Waals surface area contributed by atoms with Crippen molar-refractivity contribution in [3.63, 3.8) is 0 Å². The lowest BCUT2D eigenvalue weighted by atomic mass is 9.96. The van der Waals surface area contributed by atoms with E-state index in [1.807, 2.05) is 0 Å². The number of hydrogen-bond donors (Lipinski definition) is 2. The predicted molar refractivity (Wildman–Crippen MR) is 125 cm³/mol. The van der Waals surface area contributed by atoms with Gasteiger partial charge in [0.05, 0.1) is 19.3 Å². The molecule has 37 heavy (non-hydrogen) atoms. The Bertz CT molecular complexity index is 1310. The molecule has 12 heteroatoms. The number of carbonyl (C=O) groups excluding carboxylic acids is 2. The number of aromatic nitrogens is 1. The monoisotopic (exact) mass is 517 g/mol. The molecule has 0 radical (unpaired) electrons. The summed E-state index contributed by atoms with van der Waals surface area (Å²) >= 11 is 0. The summed E-state index contributed by atoms with van der Waals surface area (Å²) in [6.07, 6.45) is -2.77. The first kappa shape index (κ1) is 25.8. The van der Waals surface area contributed by atoms with E-state index >= 15 is 0 Å². The van der Waals surface area contributed by atoms with Gasteiger partial charge in [-0.1, -0.05) is 6.07 Å². The van der Waals surface area contributed by atoms with Crippen LogP contribution in [-0.2, 0) is 4.74 Å². The van der Waals surface area contributed by atoms with E-state index in [4.69, 9.17) is 19.9 Å². The van der Waals surface area contributed by atoms with E-state index in [0.29, 0.717) is 13.2 Å². The van der Waals surface area contributed by atoms with Gasteiger partial charge in [-0.25, -0.2) is 0 Å². The third-order valence-corrected chi connectivity index (χ3v) is 5.51. The molecule has 2 aromatic carbocycles. The Morgan fingerprint density at radius 2 is 1.89 bits per heavy atom. The highest BCUT2D eigenvalue weighted by Crippen LogP contribution is 2.39. The van der Waals surface area contributed by atoms with Gasteiger partial charge < -0.3 is 30.0 Å². The number of primary amides is 1. The van der Waals surface area contributed by atoms with Crippen molar-refractivity contribution in [1.82, 2.24) is 4.98 Å². The van der Waals surface area contributed by atoms with E-state index < -0.39 is 23.9 Å². The summed E-state index contributed by atoms with van der Waals surface area (Å²) < 4.78 is 58.5. The summed E-state index contributed by atoms with van der Waals surface area (Å²) in [6.45, 7) is 1.10. The first-order valence-corrected chi connectivity index (χ1v) is 11.0. The lowest BCUT2D eigenvalue weighted by molar-refractivity contribution is -0.274. The second kappa shape index (κ2) is 10.7. The van der Waals surface area contributed by atoms with Crippen molar-refractivity contribution in [2.45, 2.75) is 18.7 Å². The van der Waals surface area contributed by atoms with Crippen LogP contribution in [0.3, 0.4) is 0 Å². The molecular formula is C25H22F3N3O6. The molecule has 1 unspecified atom stereocenters. The van der Waals surface area contributed by atoms with Crippen LogP contribution >= 0.6 is 0 Å². The van der Waals surface area contributed by atoms with Gasteiger partial charge in [0.25, 0.3) is 11.8 Å². The Kier molecular flexibility index (Phi) is 7.48. The smallest absolute Gasteiger partial charge is 0.493 e. The van der Waals surface area contributed by atoms with E-state index in [-0.39, 0.29) is 40.1 Å². The molecule has 1 aliphatic rings. The highest BCUT2D eigenvalue weighted by molar-refractivity contribution is 6.06. The number of pyridine rings is 1. The Balaban J connectivity index is 1.67. The van der Waals surface area contributed by atoms with Crippen LogP contribution in [0.15, 0.2) is 54.7 Å². The summed E-state index contributed by atoms with van der Waals surface area (Å²) in [5, 5.41) is 2.66. The van der Waals surface area contributed by atoms with Gasteiger partial charge in [-0.15, -0.1) is 13.2 Å². The van der Waals surface area contributed by atoms with E-state index in [0.717, 1.165) is 24.1 Å². The molecule has 3 aromatic rings. The summed E-state index contributed by atoms with van der Waals surface area (Å²) in [4.78, 5) is 28.4. The van der Waals surface area contributed by atoms with Crippen molar-refractivity contribution in [3.8, 4) is 23.0 Å². The Hall–Kier alpha value is -4.32. The van der Waals surface area contributed by atoms with Crippen LogP contribution in [0.2, 0.25) is 0 Å². The highest BCUT2D eigenvalue weighted by Gasteiger charge is 2.31. The Morgan fingerprint density at radius 1 is 1.08 bits per heavy atom. The summed E-state index contributed by atoms with van der Waals surface area (Å²) in [5.41, 5.74) is 6.49. The Labute approximate surface area is 209 Å². The van der Waals surface area contributed by atoms with Crippen LogP contribution in [0.1, 0.15) is 38.7 Å². The van der Waals surface area contributed by atoms with Crippen molar-refractivity contribution in [2.24, 2.45) is 5.73 Å². The molecule has 9 nitrogen and oxygen atoms in total. The first-order valence-electron chi connectivity index (χ1n) is 11.0. The number of carbonyl (C=O) groups is 2. The molecule has 194 valence electrons. The van der Waals surface area contributed by atoms with Gasteiger partial charge >= 0.3 is 6.36 Å². The molecule has 3 N–H and O–H groups in total. The van der Waals surface area contributed by atoms with Gasteiger partial charge in [0.15, 0.2) is 11.5 Å². The molecule has 1 atom stereocenters. The summed E-state index contributed by atoms with van der Waals surface area (Å²) in [6, 6.07) is 11.2. The molecule has 1 aliphatic heterocycles. The molecule has 0 aliphatic carbocycles. The minimum absolute atomic E-state index is 0.0308. The third-order valence-electron chi connectivity index (χ3n) is 5.51. The SMILES string of the molecule is COc1cc(OC(F)(F)F)ccc1Oc1cc(C2CCOC2)ccc1C(=O)Nc1ccnc(C(N)=O)c1. The van der Waals surface area contributed by atoms with E-state index in [1.54, 1.807) is 18.2 Å². The Morgan fingerprint density at radius 3 is 2.57 bits per heavy atom. The van der Waals surface area contributed by atoms with Crippen molar-refractivity contribution in [3.05, 3.63) is 71.5 Å². The fraction of sp³-hybridized carbons (Fsp3) is 0.240. The first-order chi connectivity index (χ1) is 17.6. The van der Waals surface area contributed by atoms with E-state index in [9.17, 15) is 22.8 Å². The van der Waals surface area contributed by atoms with Gasteiger partial charge in [0.2, 0.25) is 0 Å².